The molecule has 3 aliphatic rings. The van der Waals surface area contributed by atoms with Crippen LogP contribution in [0, 0.1) is 35.0 Å². The Balaban J connectivity index is 1.43. The Labute approximate surface area is 190 Å². The van der Waals surface area contributed by atoms with Crippen LogP contribution >= 0.6 is 0 Å². The van der Waals surface area contributed by atoms with Crippen molar-refractivity contribution in [1.29, 1.82) is 5.26 Å². The summed E-state index contributed by atoms with van der Waals surface area (Å²) in [6.45, 7) is 1.93. The minimum absolute atomic E-state index is 0.0327. The fraction of sp³-hybridized carbons (Fsp3) is 0.542. The summed E-state index contributed by atoms with van der Waals surface area (Å²) < 4.78 is 40.0. The third-order valence-corrected chi connectivity index (χ3v) is 7.34. The molecule has 2 fully saturated rings. The molecule has 1 aliphatic carbocycles. The minimum atomic E-state index is -4.59. The summed E-state index contributed by atoms with van der Waals surface area (Å²) in [7, 11) is 0. The lowest BCUT2D eigenvalue weighted by atomic mass is 9.78. The molecule has 1 aromatic carbocycles. The predicted octanol–water partition coefficient (Wildman–Crippen LogP) is 3.32. The maximum atomic E-state index is 13.3. The van der Waals surface area contributed by atoms with Crippen LogP contribution < -0.4 is 10.6 Å². The second-order valence-corrected chi connectivity index (χ2v) is 9.22. The summed E-state index contributed by atoms with van der Waals surface area (Å²) in [6.07, 6.45) is 2.26. The number of primary amides is 1. The van der Waals surface area contributed by atoms with E-state index in [0.717, 1.165) is 18.9 Å². The highest BCUT2D eigenvalue weighted by atomic mass is 19.4. The summed E-state index contributed by atoms with van der Waals surface area (Å²) in [6, 6.07) is 5.41. The number of nitriles is 1. The number of nitrogens with zero attached hydrogens (tertiary/aromatic N) is 3. The highest BCUT2D eigenvalue weighted by molar-refractivity contribution is 5.83. The number of benzene rings is 1. The van der Waals surface area contributed by atoms with E-state index >= 15 is 0 Å². The molecule has 33 heavy (non-hydrogen) atoms. The lowest BCUT2D eigenvalue weighted by Gasteiger charge is -2.37. The summed E-state index contributed by atoms with van der Waals surface area (Å²) in [5.74, 6) is -0.647. The molecule has 2 amide bonds. The van der Waals surface area contributed by atoms with Crippen molar-refractivity contribution in [2.45, 2.75) is 31.9 Å². The van der Waals surface area contributed by atoms with E-state index in [-0.39, 0.29) is 23.7 Å². The number of allylic oxidation sites excluding steroid dienone is 2. The molecule has 0 spiro atoms. The number of halogens is 3. The van der Waals surface area contributed by atoms with Gasteiger partial charge in [-0.15, -0.1) is 0 Å². The first kappa shape index (κ1) is 23.1. The zero-order chi connectivity index (χ0) is 23.8. The van der Waals surface area contributed by atoms with Crippen LogP contribution in [0.1, 0.15) is 36.8 Å². The van der Waals surface area contributed by atoms with Gasteiger partial charge in [0.25, 0.3) is 0 Å². The normalized spacial score (nSPS) is 24.3. The van der Waals surface area contributed by atoms with Gasteiger partial charge in [0.05, 0.1) is 23.1 Å². The van der Waals surface area contributed by atoms with Crippen LogP contribution in [0.4, 0.5) is 18.9 Å². The van der Waals surface area contributed by atoms with Crippen LogP contribution in [0.15, 0.2) is 30.4 Å². The number of amides is 2. The van der Waals surface area contributed by atoms with Gasteiger partial charge >= 0.3 is 6.18 Å². The minimum Gasteiger partial charge on any atom is -0.372 e. The zero-order valence-corrected chi connectivity index (χ0v) is 18.2. The molecular weight excluding hydrogens is 433 g/mol. The Hall–Kier alpha value is -3.02. The van der Waals surface area contributed by atoms with Crippen molar-refractivity contribution >= 4 is 17.5 Å². The fourth-order valence-corrected chi connectivity index (χ4v) is 5.51. The van der Waals surface area contributed by atoms with Gasteiger partial charge in [-0.3, -0.25) is 9.59 Å². The fourth-order valence-electron chi connectivity index (χ4n) is 5.51. The first-order valence-corrected chi connectivity index (χ1v) is 11.3. The van der Waals surface area contributed by atoms with E-state index in [1.165, 1.54) is 6.07 Å². The van der Waals surface area contributed by atoms with E-state index < -0.39 is 29.1 Å². The van der Waals surface area contributed by atoms with E-state index in [9.17, 15) is 22.8 Å². The molecular formula is C24H27F3N4O2. The Bertz CT molecular complexity index is 984. The SMILES string of the molecule is N#Cc1ccc(N2CCC([C@@H]3CN(C(=O)C4CC=CC4)C[C@H]3C(N)=O)CC2)cc1C(F)(F)F. The molecule has 0 aromatic heterocycles. The third kappa shape index (κ3) is 4.70. The van der Waals surface area contributed by atoms with Crippen molar-refractivity contribution in [2.24, 2.45) is 29.4 Å². The van der Waals surface area contributed by atoms with E-state index in [4.69, 9.17) is 11.0 Å². The molecule has 176 valence electrons. The van der Waals surface area contributed by atoms with Crippen molar-refractivity contribution in [3.05, 3.63) is 41.5 Å². The summed E-state index contributed by atoms with van der Waals surface area (Å²) in [4.78, 5) is 28.7. The molecule has 2 saturated heterocycles. The molecule has 0 bridgehead atoms. The van der Waals surface area contributed by atoms with Crippen molar-refractivity contribution in [3.8, 4) is 6.07 Å². The number of carbonyl (C=O) groups excluding carboxylic acids is 2. The van der Waals surface area contributed by atoms with E-state index in [0.29, 0.717) is 44.7 Å². The first-order chi connectivity index (χ1) is 15.7. The number of alkyl halides is 3. The number of carbonyl (C=O) groups is 2. The van der Waals surface area contributed by atoms with Crippen molar-refractivity contribution < 1.29 is 22.8 Å². The highest BCUT2D eigenvalue weighted by Gasteiger charge is 2.44. The number of piperidine rings is 1. The molecule has 0 saturated carbocycles. The number of rotatable bonds is 4. The first-order valence-electron chi connectivity index (χ1n) is 11.3. The second-order valence-electron chi connectivity index (χ2n) is 9.22. The summed E-state index contributed by atoms with van der Waals surface area (Å²) >= 11 is 0. The van der Waals surface area contributed by atoms with Gasteiger partial charge in [0.15, 0.2) is 0 Å². The molecule has 2 atom stereocenters. The lowest BCUT2D eigenvalue weighted by molar-refractivity contribution is -0.138. The van der Waals surface area contributed by atoms with Gasteiger partial charge in [0.1, 0.15) is 0 Å². The smallest absolute Gasteiger partial charge is 0.372 e. The Kier molecular flexibility index (Phi) is 6.37. The van der Waals surface area contributed by atoms with Crippen LogP contribution in [0.25, 0.3) is 0 Å². The van der Waals surface area contributed by atoms with Gasteiger partial charge in [0, 0.05) is 37.8 Å². The number of hydrogen-bond donors (Lipinski definition) is 1. The second kappa shape index (κ2) is 9.08. The van der Waals surface area contributed by atoms with Crippen molar-refractivity contribution in [2.75, 3.05) is 31.1 Å². The lowest BCUT2D eigenvalue weighted by Crippen LogP contribution is -2.40. The Morgan fingerprint density at radius 2 is 1.76 bits per heavy atom. The van der Waals surface area contributed by atoms with Crippen molar-refractivity contribution in [3.63, 3.8) is 0 Å². The summed E-state index contributed by atoms with van der Waals surface area (Å²) in [5.41, 5.74) is 4.80. The monoisotopic (exact) mass is 460 g/mol. The number of nitrogens with two attached hydrogens (primary N) is 1. The standard InChI is InChI=1S/C24H27F3N4O2/c25-24(26,27)21-11-18(6-5-17(21)12-28)30-9-7-15(8-10-30)19-13-31(14-20(19)22(29)32)23(33)16-3-1-2-4-16/h1-2,5-6,11,15-16,19-20H,3-4,7-10,13-14H2,(H2,29,32)/t19-,20+/m0/s1. The van der Waals surface area contributed by atoms with Crippen LogP contribution in [0.2, 0.25) is 0 Å². The van der Waals surface area contributed by atoms with Crippen LogP contribution in [0.5, 0.6) is 0 Å². The highest BCUT2D eigenvalue weighted by Crippen LogP contribution is 2.39. The van der Waals surface area contributed by atoms with Gasteiger partial charge in [-0.25, -0.2) is 0 Å². The number of anilines is 1. The molecule has 4 rings (SSSR count). The molecule has 2 aliphatic heterocycles. The largest absolute Gasteiger partial charge is 0.417 e. The van der Waals surface area contributed by atoms with E-state index in [1.54, 1.807) is 17.0 Å². The van der Waals surface area contributed by atoms with Crippen LogP contribution in [-0.2, 0) is 15.8 Å². The molecule has 0 radical (unpaired) electrons. The van der Waals surface area contributed by atoms with Crippen LogP contribution in [0.3, 0.4) is 0 Å². The molecule has 9 heteroatoms. The molecule has 6 nitrogen and oxygen atoms in total. The van der Waals surface area contributed by atoms with Gasteiger partial charge in [0.2, 0.25) is 11.8 Å². The molecule has 1 aromatic rings. The number of hydrogen-bond acceptors (Lipinski definition) is 4. The maximum Gasteiger partial charge on any atom is 0.417 e. The molecule has 2 N–H and O–H groups in total. The maximum absolute atomic E-state index is 13.3. The predicted molar refractivity (Wildman–Crippen MR) is 116 cm³/mol. The topological polar surface area (TPSA) is 90.4 Å². The molecule has 2 heterocycles. The van der Waals surface area contributed by atoms with Gasteiger partial charge in [-0.05, 0) is 55.7 Å². The van der Waals surface area contributed by atoms with Crippen molar-refractivity contribution in [1.82, 2.24) is 4.90 Å². The Morgan fingerprint density at radius 1 is 1.09 bits per heavy atom. The molecule has 0 unspecified atom stereocenters. The van der Waals surface area contributed by atoms with E-state index in [2.05, 4.69) is 0 Å². The van der Waals surface area contributed by atoms with Crippen LogP contribution in [-0.4, -0.2) is 42.9 Å². The van der Waals surface area contributed by atoms with E-state index in [1.807, 2.05) is 17.1 Å². The zero-order valence-electron chi connectivity index (χ0n) is 18.2. The number of likely N-dealkylation sites (tertiary alicyclic amines) is 1. The average Bonchev–Trinajstić information content (AvgIpc) is 3.48. The quantitative estimate of drug-likeness (QED) is 0.698. The van der Waals surface area contributed by atoms with Gasteiger partial charge in [-0.2, -0.15) is 18.4 Å². The van der Waals surface area contributed by atoms with Gasteiger partial charge < -0.3 is 15.5 Å². The van der Waals surface area contributed by atoms with Gasteiger partial charge in [-0.1, -0.05) is 12.2 Å². The third-order valence-electron chi connectivity index (χ3n) is 7.34. The average molecular weight is 461 g/mol. The summed E-state index contributed by atoms with van der Waals surface area (Å²) in [5, 5.41) is 9.01. The Morgan fingerprint density at radius 3 is 2.33 bits per heavy atom.